The van der Waals surface area contributed by atoms with Crippen LogP contribution in [-0.4, -0.2) is 42.7 Å². The first-order valence-electron chi connectivity index (χ1n) is 8.14. The lowest BCUT2D eigenvalue weighted by atomic mass is 10.0. The Morgan fingerprint density at radius 3 is 2.50 bits per heavy atom. The lowest BCUT2D eigenvalue weighted by molar-refractivity contribution is 0.0955. The van der Waals surface area contributed by atoms with Crippen LogP contribution in [0.2, 0.25) is 0 Å². The van der Waals surface area contributed by atoms with E-state index in [4.69, 9.17) is 0 Å². The number of hydrogen-bond donors (Lipinski definition) is 3. The molecule has 0 fully saturated rings. The van der Waals surface area contributed by atoms with Gasteiger partial charge in [-0.15, -0.1) is 0 Å². The maximum Gasteiger partial charge on any atom is 0.273 e. The molecule has 0 spiro atoms. The largest absolute Gasteiger partial charge is 0.504 e. The molecule has 1 amide bonds. The maximum atomic E-state index is 13.1. The van der Waals surface area contributed by atoms with E-state index in [1.807, 2.05) is 0 Å². The Morgan fingerprint density at radius 1 is 1.21 bits per heavy atom. The lowest BCUT2D eigenvalue weighted by Gasteiger charge is -2.12. The highest BCUT2D eigenvalue weighted by Crippen LogP contribution is 2.32. The molecular formula is C18H17FN4O4S. The van der Waals surface area contributed by atoms with E-state index in [0.29, 0.717) is 12.0 Å². The Bertz CT molecular complexity index is 1160. The molecule has 0 atom stereocenters. The molecule has 0 aliphatic heterocycles. The molecule has 0 saturated heterocycles. The molecular weight excluding hydrogens is 387 g/mol. The van der Waals surface area contributed by atoms with E-state index in [9.17, 15) is 22.7 Å². The van der Waals surface area contributed by atoms with Crippen LogP contribution in [0.15, 0.2) is 36.5 Å². The Balaban J connectivity index is 2.15. The fraction of sp³-hybridized carbons (Fsp3) is 0.167. The van der Waals surface area contributed by atoms with Crippen molar-refractivity contribution in [3.8, 4) is 5.75 Å². The van der Waals surface area contributed by atoms with Gasteiger partial charge >= 0.3 is 0 Å². The summed E-state index contributed by atoms with van der Waals surface area (Å²) in [6, 6.07) is 7.53. The summed E-state index contributed by atoms with van der Waals surface area (Å²) >= 11 is 0. The van der Waals surface area contributed by atoms with E-state index in [1.165, 1.54) is 25.4 Å². The van der Waals surface area contributed by atoms with Crippen molar-refractivity contribution in [1.82, 2.24) is 15.3 Å². The molecule has 3 aromatic rings. The highest BCUT2D eigenvalue weighted by molar-refractivity contribution is 7.92. The fourth-order valence-electron chi connectivity index (χ4n) is 2.68. The third kappa shape index (κ3) is 4.17. The second-order valence-corrected chi connectivity index (χ2v) is 7.90. The number of pyridine rings is 2. The van der Waals surface area contributed by atoms with Crippen molar-refractivity contribution in [1.29, 1.82) is 0 Å². The van der Waals surface area contributed by atoms with Crippen molar-refractivity contribution < 1.29 is 22.7 Å². The molecule has 2 aromatic heterocycles. The number of amides is 1. The van der Waals surface area contributed by atoms with Gasteiger partial charge in [-0.1, -0.05) is 12.1 Å². The molecule has 0 aliphatic carbocycles. The van der Waals surface area contributed by atoms with Crippen molar-refractivity contribution in [2.75, 3.05) is 18.0 Å². The van der Waals surface area contributed by atoms with Crippen LogP contribution in [0.25, 0.3) is 10.9 Å². The number of rotatable bonds is 5. The van der Waals surface area contributed by atoms with Crippen LogP contribution in [0.4, 0.5) is 10.2 Å². The van der Waals surface area contributed by atoms with E-state index in [-0.39, 0.29) is 28.2 Å². The number of sulfonamides is 1. The molecule has 0 unspecified atom stereocenters. The number of nitrogens with zero attached hydrogens (tertiary/aromatic N) is 2. The van der Waals surface area contributed by atoms with Gasteiger partial charge < -0.3 is 10.4 Å². The zero-order chi connectivity index (χ0) is 20.5. The first-order valence-corrected chi connectivity index (χ1v) is 10.0. The van der Waals surface area contributed by atoms with Crippen LogP contribution < -0.4 is 10.0 Å². The van der Waals surface area contributed by atoms with Gasteiger partial charge in [-0.3, -0.25) is 14.5 Å². The number of benzene rings is 1. The molecule has 146 valence electrons. The number of carbonyl (C=O) groups excluding carboxylic acids is 1. The number of hydrogen-bond acceptors (Lipinski definition) is 6. The van der Waals surface area contributed by atoms with Crippen LogP contribution in [0, 0.1) is 5.82 Å². The molecule has 2 heterocycles. The highest BCUT2D eigenvalue weighted by atomic mass is 32.2. The summed E-state index contributed by atoms with van der Waals surface area (Å²) in [6.45, 7) is 0. The SMILES string of the molecule is CNC(=O)c1nc(NS(C)(=O)=O)c2cc(Cc3ccc(F)cc3)cnc2c1O. The molecule has 0 saturated carbocycles. The second kappa shape index (κ2) is 7.39. The van der Waals surface area contributed by atoms with Gasteiger partial charge in [0.1, 0.15) is 17.2 Å². The smallest absolute Gasteiger partial charge is 0.273 e. The Labute approximate surface area is 160 Å². The van der Waals surface area contributed by atoms with E-state index < -0.39 is 21.7 Å². The number of nitrogens with one attached hydrogen (secondary N) is 2. The summed E-state index contributed by atoms with van der Waals surface area (Å²) in [5, 5.41) is 12.9. The summed E-state index contributed by atoms with van der Waals surface area (Å²) in [7, 11) is -2.34. The van der Waals surface area contributed by atoms with E-state index in [2.05, 4.69) is 20.0 Å². The third-order valence-electron chi connectivity index (χ3n) is 3.92. The fourth-order valence-corrected chi connectivity index (χ4v) is 3.19. The standard InChI is InChI=1S/C18H17FN4O4S/c1-20-18(25)15-16(24)14-13(17(22-15)23-28(2,26)27)8-11(9-21-14)7-10-3-5-12(19)6-4-10/h3-6,8-9,24H,7H2,1-2H3,(H,20,25)(H,22,23). The Morgan fingerprint density at radius 2 is 1.89 bits per heavy atom. The van der Waals surface area contributed by atoms with Crippen molar-refractivity contribution >= 4 is 32.7 Å². The zero-order valence-electron chi connectivity index (χ0n) is 15.0. The normalized spacial score (nSPS) is 11.4. The van der Waals surface area contributed by atoms with Crippen molar-refractivity contribution in [2.45, 2.75) is 6.42 Å². The van der Waals surface area contributed by atoms with Gasteiger partial charge in [0.2, 0.25) is 10.0 Å². The number of carbonyl (C=O) groups is 1. The van der Waals surface area contributed by atoms with Crippen molar-refractivity contribution in [3.63, 3.8) is 0 Å². The number of fused-ring (bicyclic) bond motifs is 1. The molecule has 0 aliphatic rings. The second-order valence-electron chi connectivity index (χ2n) is 6.15. The molecule has 0 radical (unpaired) electrons. The minimum absolute atomic E-state index is 0.0302. The quantitative estimate of drug-likeness (QED) is 0.596. The van der Waals surface area contributed by atoms with Gasteiger partial charge in [-0.2, -0.15) is 0 Å². The average Bonchev–Trinajstić information content (AvgIpc) is 2.64. The highest BCUT2D eigenvalue weighted by Gasteiger charge is 2.21. The average molecular weight is 404 g/mol. The van der Waals surface area contributed by atoms with Crippen LogP contribution in [-0.2, 0) is 16.4 Å². The zero-order valence-corrected chi connectivity index (χ0v) is 15.8. The predicted octanol–water partition coefficient (Wildman–Crippen LogP) is 1.80. The van der Waals surface area contributed by atoms with Gasteiger partial charge in [0.05, 0.1) is 6.26 Å². The summed E-state index contributed by atoms with van der Waals surface area (Å²) < 4.78 is 38.8. The summed E-state index contributed by atoms with van der Waals surface area (Å²) in [5.74, 6) is -1.62. The van der Waals surface area contributed by atoms with Crippen molar-refractivity contribution in [3.05, 3.63) is 59.2 Å². The minimum Gasteiger partial charge on any atom is -0.504 e. The van der Waals surface area contributed by atoms with Gasteiger partial charge in [0.25, 0.3) is 5.91 Å². The van der Waals surface area contributed by atoms with Crippen LogP contribution in [0.5, 0.6) is 5.75 Å². The van der Waals surface area contributed by atoms with Gasteiger partial charge in [0, 0.05) is 18.6 Å². The Kier molecular flexibility index (Phi) is 5.14. The van der Waals surface area contributed by atoms with Crippen LogP contribution in [0.1, 0.15) is 21.6 Å². The van der Waals surface area contributed by atoms with Crippen LogP contribution in [0.3, 0.4) is 0 Å². The van der Waals surface area contributed by atoms with Gasteiger partial charge in [-0.05, 0) is 35.7 Å². The molecule has 8 nitrogen and oxygen atoms in total. The predicted molar refractivity (Wildman–Crippen MR) is 102 cm³/mol. The molecule has 28 heavy (non-hydrogen) atoms. The number of anilines is 1. The van der Waals surface area contributed by atoms with Crippen LogP contribution >= 0.6 is 0 Å². The van der Waals surface area contributed by atoms with Gasteiger partial charge in [-0.25, -0.2) is 17.8 Å². The summed E-state index contributed by atoms with van der Waals surface area (Å²) in [6.07, 6.45) is 2.84. The molecule has 3 rings (SSSR count). The molecule has 0 bridgehead atoms. The molecule has 1 aromatic carbocycles. The van der Waals surface area contributed by atoms with Gasteiger partial charge in [0.15, 0.2) is 11.4 Å². The summed E-state index contributed by atoms with van der Waals surface area (Å²) in [4.78, 5) is 20.1. The van der Waals surface area contributed by atoms with E-state index >= 15 is 0 Å². The Hall–Kier alpha value is -3.27. The monoisotopic (exact) mass is 404 g/mol. The number of aromatic nitrogens is 2. The number of aromatic hydroxyl groups is 1. The number of halogens is 1. The topological polar surface area (TPSA) is 121 Å². The first-order chi connectivity index (χ1) is 13.2. The maximum absolute atomic E-state index is 13.1. The molecule has 3 N–H and O–H groups in total. The van der Waals surface area contributed by atoms with E-state index in [1.54, 1.807) is 18.2 Å². The van der Waals surface area contributed by atoms with Crippen molar-refractivity contribution in [2.24, 2.45) is 0 Å². The minimum atomic E-state index is -3.70. The lowest BCUT2D eigenvalue weighted by Crippen LogP contribution is -2.21. The first kappa shape index (κ1) is 19.5. The summed E-state index contributed by atoms with van der Waals surface area (Å²) in [5.41, 5.74) is 1.19. The third-order valence-corrected chi connectivity index (χ3v) is 4.48. The molecule has 10 heteroatoms. The van der Waals surface area contributed by atoms with E-state index in [0.717, 1.165) is 11.8 Å².